The molecule has 0 amide bonds. The van der Waals surface area contributed by atoms with Crippen LogP contribution in [-0.4, -0.2) is 114 Å². The molecule has 0 radical (unpaired) electrons. The smallest absolute Gasteiger partial charge is 0.748 e. The van der Waals surface area contributed by atoms with Crippen LogP contribution in [0.3, 0.4) is 0 Å². The Kier molecular flexibility index (Phi) is 23.3. The number of aliphatic hydroxyl groups excluding tert-OH is 1. The summed E-state index contributed by atoms with van der Waals surface area (Å²) in [6, 6.07) is -1.49. The van der Waals surface area contributed by atoms with E-state index in [2.05, 4.69) is 42.1 Å². The molecule has 60 heavy (non-hydrogen) atoms. The first-order valence-corrected chi connectivity index (χ1v) is 24.6. The average Bonchev–Trinajstić information content (AvgIpc) is 3.18. The minimum atomic E-state index is -4.76. The fourth-order valence-corrected chi connectivity index (χ4v) is 13.2. The zero-order chi connectivity index (χ0) is 40.7. The van der Waals surface area contributed by atoms with Gasteiger partial charge in [0.15, 0.2) is 0 Å². The summed E-state index contributed by atoms with van der Waals surface area (Å²) >= 11 is 1.05. The minimum Gasteiger partial charge on any atom is -0.748 e. The quantitative estimate of drug-likeness (QED) is 0.0415. The molecule has 0 heterocycles. The number of hydrogen-bond donors (Lipinski definition) is 2. The average molecular weight is 884 g/mol. The zero-order valence-corrected chi connectivity index (χ0v) is 38.4. The van der Waals surface area contributed by atoms with Gasteiger partial charge >= 0.3 is 56.6 Å². The molecule has 2 N–H and O–H groups in total. The number of methoxy groups -OCH3 is 1. The second-order valence-corrected chi connectivity index (χ2v) is 21.8. The number of nitrogens with one attached hydrogen (secondary N) is 1. The van der Waals surface area contributed by atoms with E-state index >= 15 is 0 Å². The molecule has 6 saturated carbocycles. The predicted octanol–water partition coefficient (Wildman–Crippen LogP) is -4.69. The maximum Gasteiger partial charge on any atom is 1.00 e. The van der Waals surface area contributed by atoms with Crippen molar-refractivity contribution < 1.29 is 107 Å². The SMILES string of the molecule is COC1CC(N=NC2CCCC(SOO[O-])C2)CCC1N=NC1CCC(N=NC2C(O)C3CC(NC4CCCC(S(=O)(=O)[O-])C4)CCC3CC2S(=O)(=O)[O-])CC1C.[Li+].[Li+].[Li+]. The molecule has 0 aromatic carbocycles. The fourth-order valence-electron chi connectivity index (χ4n) is 10.5. The van der Waals surface area contributed by atoms with E-state index in [1.807, 2.05) is 0 Å². The minimum absolute atomic E-state index is 0. The molecule has 6 aliphatic rings. The fraction of sp³-hybridized carbons (Fsp3) is 1.00. The molecule has 6 fully saturated rings. The molecule has 6 rings (SSSR count). The van der Waals surface area contributed by atoms with Crippen LogP contribution in [0.25, 0.3) is 0 Å². The van der Waals surface area contributed by atoms with Gasteiger partial charge in [-0.25, -0.2) is 16.8 Å². The first kappa shape index (κ1) is 54.9. The van der Waals surface area contributed by atoms with Gasteiger partial charge in [0.05, 0.1) is 73.2 Å². The third-order valence-corrected chi connectivity index (χ3v) is 17.0. The van der Waals surface area contributed by atoms with Crippen molar-refractivity contribution in [2.45, 2.75) is 199 Å². The topological polar surface area (TPSA) is 272 Å². The van der Waals surface area contributed by atoms with Gasteiger partial charge in [0, 0.05) is 36.5 Å². The summed E-state index contributed by atoms with van der Waals surface area (Å²) in [4.78, 5) is 0. The van der Waals surface area contributed by atoms with E-state index < -0.39 is 42.9 Å². The van der Waals surface area contributed by atoms with Crippen LogP contribution in [0.1, 0.15) is 122 Å². The van der Waals surface area contributed by atoms with Crippen LogP contribution in [0.2, 0.25) is 0 Å². The van der Waals surface area contributed by atoms with Gasteiger partial charge in [-0.2, -0.15) is 35.0 Å². The van der Waals surface area contributed by atoms with E-state index in [0.717, 1.165) is 57.0 Å². The number of aliphatic hydroxyl groups is 1. The first-order chi connectivity index (χ1) is 27.2. The summed E-state index contributed by atoms with van der Waals surface area (Å²) in [5, 5.41) is 54.5. The van der Waals surface area contributed by atoms with Gasteiger partial charge in [-0.15, -0.1) is 0 Å². The maximum absolute atomic E-state index is 12.5. The van der Waals surface area contributed by atoms with Crippen molar-refractivity contribution in [1.82, 2.24) is 5.32 Å². The Labute approximate surface area is 396 Å². The molecule has 0 aliphatic heterocycles. The van der Waals surface area contributed by atoms with E-state index in [-0.39, 0.29) is 141 Å². The molecule has 6 aliphatic carbocycles. The van der Waals surface area contributed by atoms with Crippen molar-refractivity contribution in [3.63, 3.8) is 0 Å². The van der Waals surface area contributed by atoms with Crippen molar-refractivity contribution in [2.24, 2.45) is 48.4 Å². The summed E-state index contributed by atoms with van der Waals surface area (Å²) in [5.74, 6) is -0.317. The van der Waals surface area contributed by atoms with Gasteiger partial charge in [0.1, 0.15) is 6.04 Å². The van der Waals surface area contributed by atoms with E-state index in [4.69, 9.17) is 15.0 Å². The van der Waals surface area contributed by atoms with Gasteiger partial charge < -0.3 is 29.5 Å². The molecule has 24 heteroatoms. The summed E-state index contributed by atoms with van der Waals surface area (Å²) in [6.07, 6.45) is 10.7. The largest absolute Gasteiger partial charge is 1.00 e. The van der Waals surface area contributed by atoms with Crippen LogP contribution in [0.4, 0.5) is 0 Å². The van der Waals surface area contributed by atoms with Gasteiger partial charge in [0.25, 0.3) is 0 Å². The molecule has 326 valence electrons. The molecule has 0 aromatic heterocycles. The molecular weight excluding hydrogens is 823 g/mol. The van der Waals surface area contributed by atoms with Crippen molar-refractivity contribution in [1.29, 1.82) is 0 Å². The first-order valence-electron chi connectivity index (χ1n) is 20.9. The number of nitrogens with zero attached hydrogens (tertiary/aromatic N) is 6. The third kappa shape index (κ3) is 15.3. The Hall–Kier alpha value is 0.522. The molecule has 0 spiro atoms. The van der Waals surface area contributed by atoms with Gasteiger partial charge in [0.2, 0.25) is 0 Å². The number of rotatable bonds is 14. The van der Waals surface area contributed by atoms with Crippen LogP contribution in [0.15, 0.2) is 30.7 Å². The molecule has 0 saturated heterocycles. The Balaban J connectivity index is 0.00000320. The Morgan fingerprint density at radius 3 is 1.97 bits per heavy atom. The molecular formula is C36H60Li3N7O11S3. The molecule has 18 nitrogen and oxygen atoms in total. The second kappa shape index (κ2) is 25.4. The van der Waals surface area contributed by atoms with E-state index in [0.29, 0.717) is 57.8 Å². The monoisotopic (exact) mass is 883 g/mol. The van der Waals surface area contributed by atoms with Crippen LogP contribution >= 0.6 is 12.0 Å². The summed E-state index contributed by atoms with van der Waals surface area (Å²) in [5.41, 5.74) is 0. The van der Waals surface area contributed by atoms with Crippen molar-refractivity contribution in [3.8, 4) is 0 Å². The Bertz CT molecular complexity index is 1630. The molecule has 0 aromatic rings. The van der Waals surface area contributed by atoms with Crippen molar-refractivity contribution in [3.05, 3.63) is 0 Å². The number of ether oxygens (including phenoxy) is 1. The third-order valence-electron chi connectivity index (χ3n) is 13.7. The van der Waals surface area contributed by atoms with Crippen LogP contribution in [0, 0.1) is 17.8 Å². The molecule has 0 bridgehead atoms. The van der Waals surface area contributed by atoms with E-state index in [9.17, 15) is 36.3 Å². The van der Waals surface area contributed by atoms with Gasteiger partial charge in [-0.1, -0.05) is 19.8 Å². The molecule has 16 unspecified atom stereocenters. The van der Waals surface area contributed by atoms with Gasteiger partial charge in [-0.3, -0.25) is 5.04 Å². The Morgan fingerprint density at radius 2 is 1.30 bits per heavy atom. The summed E-state index contributed by atoms with van der Waals surface area (Å²) < 4.78 is 82.8. The van der Waals surface area contributed by atoms with Crippen molar-refractivity contribution in [2.75, 3.05) is 7.11 Å². The van der Waals surface area contributed by atoms with E-state index in [1.165, 1.54) is 0 Å². The van der Waals surface area contributed by atoms with Crippen molar-refractivity contribution >= 4 is 32.3 Å². The predicted molar refractivity (Wildman–Crippen MR) is 205 cm³/mol. The standard InChI is InChI=1S/C36H63N7O11S3.3Li/c1-21-15-26(11-13-31(21)41-42-32-14-12-27(20-33(32)52-2)39-38-25-6-3-7-28(17-25)55-54-53-45)40-43-35-34(57(49,50)51)16-22-9-10-24(19-30(22)36(35)44)37-23-5-4-8-29(18-23)56(46,47)48;;;/h21-37,44-45H,3-20H2,1-2H3,(H,46,47,48)(H,49,50,51);;;/q;3*+1/p-3. The number of hydrogen-bond acceptors (Lipinski definition) is 19. The normalized spacial score (nSPS) is 40.6. The van der Waals surface area contributed by atoms with E-state index in [1.54, 1.807) is 7.11 Å². The van der Waals surface area contributed by atoms with Crippen LogP contribution < -0.4 is 67.2 Å². The zero-order valence-electron chi connectivity index (χ0n) is 35.9. The maximum atomic E-state index is 12.5. The second-order valence-electron chi connectivity index (χ2n) is 17.5. The number of fused-ring (bicyclic) bond motifs is 1. The summed E-state index contributed by atoms with van der Waals surface area (Å²) in [6.45, 7) is 2.09. The van der Waals surface area contributed by atoms with Crippen LogP contribution in [-0.2, 0) is 34.3 Å². The van der Waals surface area contributed by atoms with Gasteiger partial charge in [-0.05, 0) is 120 Å². The Morgan fingerprint density at radius 1 is 0.667 bits per heavy atom. The van der Waals surface area contributed by atoms with Crippen LogP contribution in [0.5, 0.6) is 0 Å². The number of azo groups is 3. The molecule has 16 atom stereocenters. The summed E-state index contributed by atoms with van der Waals surface area (Å²) in [7, 11) is -7.45.